The number of nitrogens with zero attached hydrogens (tertiary/aromatic N) is 2. The fourth-order valence-corrected chi connectivity index (χ4v) is 1.35. The molecule has 3 nitrogen and oxygen atoms in total. The van der Waals surface area contributed by atoms with Crippen molar-refractivity contribution >= 4 is 0 Å². The zero-order chi connectivity index (χ0) is 10.9. The van der Waals surface area contributed by atoms with E-state index >= 15 is 0 Å². The van der Waals surface area contributed by atoms with Gasteiger partial charge in [0, 0.05) is 29.6 Å². The monoisotopic (exact) mass is 201 g/mol. The van der Waals surface area contributed by atoms with Crippen LogP contribution in [0.4, 0.5) is 0 Å². The Morgan fingerprint density at radius 2 is 2.00 bits per heavy atom. The summed E-state index contributed by atoms with van der Waals surface area (Å²) < 4.78 is 0. The Kier molecular flexibility index (Phi) is 2.31. The molecule has 2 heterocycles. The zero-order valence-electron chi connectivity index (χ0n) is 9.28. The van der Waals surface area contributed by atoms with Crippen molar-refractivity contribution in [3.63, 3.8) is 0 Å². The smallest absolute Gasteiger partial charge is 0.0903 e. The highest BCUT2D eigenvalue weighted by Gasteiger charge is 2.16. The fourth-order valence-electron chi connectivity index (χ4n) is 1.35. The SMILES string of the molecule is CC(C)(C)c1cncc(-c2cc[nH]c2)n1. The molecule has 2 aromatic rings. The maximum absolute atomic E-state index is 4.60. The summed E-state index contributed by atoms with van der Waals surface area (Å²) in [5, 5.41) is 0. The number of nitrogens with one attached hydrogen (secondary N) is 1. The largest absolute Gasteiger partial charge is 0.367 e. The summed E-state index contributed by atoms with van der Waals surface area (Å²) in [5.41, 5.74) is 3.05. The maximum Gasteiger partial charge on any atom is 0.0903 e. The van der Waals surface area contributed by atoms with Crippen molar-refractivity contribution in [3.05, 3.63) is 36.5 Å². The molecule has 1 N–H and O–H groups in total. The molecule has 3 heteroatoms. The number of aromatic nitrogens is 3. The molecule has 15 heavy (non-hydrogen) atoms. The van der Waals surface area contributed by atoms with Gasteiger partial charge in [0.1, 0.15) is 0 Å². The lowest BCUT2D eigenvalue weighted by molar-refractivity contribution is 0.566. The van der Waals surface area contributed by atoms with Crippen LogP contribution in [0.5, 0.6) is 0 Å². The van der Waals surface area contributed by atoms with Crippen LogP contribution in [0.1, 0.15) is 26.5 Å². The van der Waals surface area contributed by atoms with Gasteiger partial charge in [0.25, 0.3) is 0 Å². The number of hydrogen-bond acceptors (Lipinski definition) is 2. The molecule has 0 aliphatic heterocycles. The summed E-state index contributed by atoms with van der Waals surface area (Å²) >= 11 is 0. The van der Waals surface area contributed by atoms with Gasteiger partial charge < -0.3 is 4.98 Å². The van der Waals surface area contributed by atoms with Crippen LogP contribution in [0.15, 0.2) is 30.9 Å². The van der Waals surface area contributed by atoms with Gasteiger partial charge in [0.2, 0.25) is 0 Å². The van der Waals surface area contributed by atoms with Crippen molar-refractivity contribution in [2.24, 2.45) is 0 Å². The first-order chi connectivity index (χ1) is 7.07. The van der Waals surface area contributed by atoms with Crippen LogP contribution in [0, 0.1) is 0 Å². The Balaban J connectivity index is 2.44. The minimum Gasteiger partial charge on any atom is -0.367 e. The molecular weight excluding hydrogens is 186 g/mol. The number of hydrogen-bond donors (Lipinski definition) is 1. The second-order valence-corrected chi connectivity index (χ2v) is 4.64. The third-order valence-electron chi connectivity index (χ3n) is 2.30. The molecule has 0 bridgehead atoms. The van der Waals surface area contributed by atoms with Gasteiger partial charge in [-0.1, -0.05) is 20.8 Å². The standard InChI is InChI=1S/C12H15N3/c1-12(2,3)11-8-14-7-10(15-11)9-4-5-13-6-9/h4-8,13H,1-3H3. The van der Waals surface area contributed by atoms with Crippen LogP contribution in [0.3, 0.4) is 0 Å². The highest BCUT2D eigenvalue weighted by molar-refractivity contribution is 5.56. The third-order valence-corrected chi connectivity index (χ3v) is 2.30. The van der Waals surface area contributed by atoms with E-state index in [0.717, 1.165) is 17.0 Å². The van der Waals surface area contributed by atoms with Gasteiger partial charge in [-0.15, -0.1) is 0 Å². The molecule has 0 saturated heterocycles. The fraction of sp³-hybridized carbons (Fsp3) is 0.333. The quantitative estimate of drug-likeness (QED) is 0.770. The molecule has 0 fully saturated rings. The third kappa shape index (κ3) is 2.06. The molecule has 0 spiro atoms. The normalized spacial score (nSPS) is 11.7. The predicted octanol–water partition coefficient (Wildman–Crippen LogP) is 2.77. The van der Waals surface area contributed by atoms with Crippen molar-refractivity contribution in [2.75, 3.05) is 0 Å². The average molecular weight is 201 g/mol. The molecule has 0 unspecified atom stereocenters. The van der Waals surface area contributed by atoms with Crippen molar-refractivity contribution in [1.29, 1.82) is 0 Å². The maximum atomic E-state index is 4.60. The van der Waals surface area contributed by atoms with E-state index in [0.29, 0.717) is 0 Å². The van der Waals surface area contributed by atoms with Crippen LogP contribution < -0.4 is 0 Å². The Labute approximate surface area is 89.6 Å². The molecule has 0 aliphatic rings. The topological polar surface area (TPSA) is 41.6 Å². The van der Waals surface area contributed by atoms with Gasteiger partial charge in [0.05, 0.1) is 17.6 Å². The van der Waals surface area contributed by atoms with Crippen molar-refractivity contribution in [1.82, 2.24) is 15.0 Å². The lowest BCUT2D eigenvalue weighted by Crippen LogP contribution is -2.14. The van der Waals surface area contributed by atoms with Crippen molar-refractivity contribution in [2.45, 2.75) is 26.2 Å². The minimum absolute atomic E-state index is 0.0410. The predicted molar refractivity (Wildman–Crippen MR) is 60.5 cm³/mol. The van der Waals surface area contributed by atoms with Crippen LogP contribution in [-0.4, -0.2) is 15.0 Å². The van der Waals surface area contributed by atoms with E-state index in [1.807, 2.05) is 24.7 Å². The molecule has 78 valence electrons. The Morgan fingerprint density at radius 3 is 2.60 bits per heavy atom. The van der Waals surface area contributed by atoms with E-state index < -0.39 is 0 Å². The number of aromatic amines is 1. The average Bonchev–Trinajstić information content (AvgIpc) is 2.69. The van der Waals surface area contributed by atoms with Crippen LogP contribution in [-0.2, 0) is 5.41 Å². The first-order valence-corrected chi connectivity index (χ1v) is 5.03. The molecule has 2 rings (SSSR count). The van der Waals surface area contributed by atoms with Crippen LogP contribution in [0.2, 0.25) is 0 Å². The Bertz CT molecular complexity index is 438. The second-order valence-electron chi connectivity index (χ2n) is 4.64. The number of H-pyrrole nitrogens is 1. The van der Waals surface area contributed by atoms with Crippen LogP contribution in [0.25, 0.3) is 11.3 Å². The lowest BCUT2D eigenvalue weighted by atomic mass is 9.92. The van der Waals surface area contributed by atoms with E-state index in [9.17, 15) is 0 Å². The highest BCUT2D eigenvalue weighted by atomic mass is 14.8. The van der Waals surface area contributed by atoms with Gasteiger partial charge in [-0.05, 0) is 6.07 Å². The molecule has 0 aromatic carbocycles. The summed E-state index contributed by atoms with van der Waals surface area (Å²) in [6.45, 7) is 6.41. The first kappa shape index (κ1) is 9.90. The molecule has 0 amide bonds. The van der Waals surface area contributed by atoms with Gasteiger partial charge in [-0.2, -0.15) is 0 Å². The summed E-state index contributed by atoms with van der Waals surface area (Å²) in [6, 6.07) is 2.00. The minimum atomic E-state index is 0.0410. The zero-order valence-corrected chi connectivity index (χ0v) is 9.28. The van der Waals surface area contributed by atoms with Gasteiger partial charge in [0.15, 0.2) is 0 Å². The molecule has 0 radical (unpaired) electrons. The Morgan fingerprint density at radius 1 is 1.20 bits per heavy atom. The van der Waals surface area contributed by atoms with Crippen molar-refractivity contribution in [3.8, 4) is 11.3 Å². The van der Waals surface area contributed by atoms with Gasteiger partial charge >= 0.3 is 0 Å². The summed E-state index contributed by atoms with van der Waals surface area (Å²) in [5.74, 6) is 0. The van der Waals surface area contributed by atoms with Gasteiger partial charge in [-0.3, -0.25) is 4.98 Å². The molecular formula is C12H15N3. The summed E-state index contributed by atoms with van der Waals surface area (Å²) in [4.78, 5) is 11.9. The molecule has 2 aromatic heterocycles. The van der Waals surface area contributed by atoms with E-state index in [-0.39, 0.29) is 5.41 Å². The highest BCUT2D eigenvalue weighted by Crippen LogP contribution is 2.22. The van der Waals surface area contributed by atoms with E-state index in [2.05, 4.69) is 35.7 Å². The molecule has 0 aliphatic carbocycles. The second kappa shape index (κ2) is 3.50. The summed E-state index contributed by atoms with van der Waals surface area (Å²) in [7, 11) is 0. The Hall–Kier alpha value is -1.64. The molecule has 0 saturated carbocycles. The molecule has 0 atom stereocenters. The van der Waals surface area contributed by atoms with E-state index in [1.165, 1.54) is 0 Å². The van der Waals surface area contributed by atoms with Crippen molar-refractivity contribution < 1.29 is 0 Å². The van der Waals surface area contributed by atoms with Gasteiger partial charge in [-0.25, -0.2) is 4.98 Å². The first-order valence-electron chi connectivity index (χ1n) is 5.03. The lowest BCUT2D eigenvalue weighted by Gasteiger charge is -2.17. The van der Waals surface area contributed by atoms with E-state index in [1.54, 1.807) is 6.20 Å². The number of rotatable bonds is 1. The van der Waals surface area contributed by atoms with E-state index in [4.69, 9.17) is 0 Å². The summed E-state index contributed by atoms with van der Waals surface area (Å²) in [6.07, 6.45) is 7.44. The van der Waals surface area contributed by atoms with Crippen LogP contribution >= 0.6 is 0 Å².